The molecule has 0 bridgehead atoms. The normalized spacial score (nSPS) is 17.4. The molecule has 1 saturated heterocycles. The Morgan fingerprint density at radius 3 is 2.47 bits per heavy atom. The first-order valence-corrected chi connectivity index (χ1v) is 11.3. The zero-order valence-electron chi connectivity index (χ0n) is 18.9. The average molecular weight is 481 g/mol. The second kappa shape index (κ2) is 10.2. The van der Waals surface area contributed by atoms with Gasteiger partial charge in [0.2, 0.25) is 0 Å². The standard InChI is InChI=1S/C25H27F4NO4/c1-32-24(31)18-13-30(14-18)12-17-7-8-20(11-22(17)26)33-15-16-6-9-23(21(10-16)25(27,28)29)34-19-4-2-3-5-19/h6-11,18-19H,2-5,12-15H2,1H3. The molecule has 5 nitrogen and oxygen atoms in total. The van der Waals surface area contributed by atoms with E-state index in [1.165, 1.54) is 25.3 Å². The summed E-state index contributed by atoms with van der Waals surface area (Å²) in [5.74, 6) is -0.883. The highest BCUT2D eigenvalue weighted by atomic mass is 19.4. The summed E-state index contributed by atoms with van der Waals surface area (Å²) in [5, 5.41) is 0. The number of halogens is 4. The van der Waals surface area contributed by atoms with Crippen molar-refractivity contribution in [2.24, 2.45) is 5.92 Å². The Morgan fingerprint density at radius 1 is 1.09 bits per heavy atom. The van der Waals surface area contributed by atoms with Gasteiger partial charge in [-0.25, -0.2) is 4.39 Å². The van der Waals surface area contributed by atoms with E-state index in [0.717, 1.165) is 31.7 Å². The molecular weight excluding hydrogens is 454 g/mol. The van der Waals surface area contributed by atoms with Crippen LogP contribution >= 0.6 is 0 Å². The van der Waals surface area contributed by atoms with Gasteiger partial charge in [-0.15, -0.1) is 0 Å². The maximum absolute atomic E-state index is 14.5. The van der Waals surface area contributed by atoms with Crippen molar-refractivity contribution < 1.29 is 36.6 Å². The van der Waals surface area contributed by atoms with Crippen molar-refractivity contribution in [2.45, 2.75) is 51.1 Å². The van der Waals surface area contributed by atoms with E-state index in [1.807, 2.05) is 4.90 Å². The molecule has 0 spiro atoms. The lowest BCUT2D eigenvalue weighted by molar-refractivity contribution is -0.151. The second-order valence-electron chi connectivity index (χ2n) is 8.81. The van der Waals surface area contributed by atoms with E-state index < -0.39 is 17.6 Å². The molecule has 0 atom stereocenters. The molecule has 1 saturated carbocycles. The molecule has 0 unspecified atom stereocenters. The Balaban J connectivity index is 1.36. The minimum Gasteiger partial charge on any atom is -0.490 e. The summed E-state index contributed by atoms with van der Waals surface area (Å²) in [7, 11) is 1.34. The summed E-state index contributed by atoms with van der Waals surface area (Å²) < 4.78 is 71.1. The van der Waals surface area contributed by atoms with E-state index in [2.05, 4.69) is 0 Å². The summed E-state index contributed by atoms with van der Waals surface area (Å²) in [5.41, 5.74) is -0.0738. The van der Waals surface area contributed by atoms with Gasteiger partial charge in [0.05, 0.1) is 24.7 Å². The van der Waals surface area contributed by atoms with Crippen molar-refractivity contribution in [1.82, 2.24) is 4.90 Å². The number of hydrogen-bond acceptors (Lipinski definition) is 5. The molecule has 184 valence electrons. The summed E-state index contributed by atoms with van der Waals surface area (Å²) in [6.07, 6.45) is -1.31. The van der Waals surface area contributed by atoms with Crippen LogP contribution in [0.15, 0.2) is 36.4 Å². The maximum atomic E-state index is 14.5. The quantitative estimate of drug-likeness (QED) is 0.376. The monoisotopic (exact) mass is 481 g/mol. The van der Waals surface area contributed by atoms with Crippen molar-refractivity contribution in [3.63, 3.8) is 0 Å². The molecule has 0 radical (unpaired) electrons. The van der Waals surface area contributed by atoms with Gasteiger partial charge in [0, 0.05) is 31.3 Å². The largest absolute Gasteiger partial charge is 0.490 e. The first kappa shape index (κ1) is 24.3. The predicted molar refractivity (Wildman–Crippen MR) is 116 cm³/mol. The van der Waals surface area contributed by atoms with Crippen LogP contribution in [0.25, 0.3) is 0 Å². The zero-order chi connectivity index (χ0) is 24.3. The third-order valence-electron chi connectivity index (χ3n) is 6.26. The number of ether oxygens (including phenoxy) is 3. The molecular formula is C25H27F4NO4. The molecule has 0 amide bonds. The molecule has 1 heterocycles. The predicted octanol–water partition coefficient (Wildman–Crippen LogP) is 5.35. The molecule has 0 aromatic heterocycles. The summed E-state index contributed by atoms with van der Waals surface area (Å²) >= 11 is 0. The summed E-state index contributed by atoms with van der Waals surface area (Å²) in [4.78, 5) is 13.4. The minimum absolute atomic E-state index is 0.140. The first-order chi connectivity index (χ1) is 16.2. The van der Waals surface area contributed by atoms with Crippen molar-refractivity contribution in [3.8, 4) is 11.5 Å². The topological polar surface area (TPSA) is 48.0 Å². The molecule has 2 aliphatic rings. The number of hydrogen-bond donors (Lipinski definition) is 0. The lowest BCUT2D eigenvalue weighted by atomic mass is 9.99. The van der Waals surface area contributed by atoms with Crippen LogP contribution in [0.4, 0.5) is 17.6 Å². The van der Waals surface area contributed by atoms with Crippen molar-refractivity contribution in [3.05, 3.63) is 58.9 Å². The fraction of sp³-hybridized carbons (Fsp3) is 0.480. The molecule has 2 aromatic carbocycles. The van der Waals surface area contributed by atoms with E-state index in [4.69, 9.17) is 14.2 Å². The zero-order valence-corrected chi connectivity index (χ0v) is 18.9. The minimum atomic E-state index is -4.55. The number of nitrogens with zero attached hydrogens (tertiary/aromatic N) is 1. The van der Waals surface area contributed by atoms with Crippen molar-refractivity contribution >= 4 is 5.97 Å². The average Bonchev–Trinajstić information content (AvgIpc) is 3.28. The molecule has 34 heavy (non-hydrogen) atoms. The van der Waals surface area contributed by atoms with Crippen molar-refractivity contribution in [1.29, 1.82) is 0 Å². The van der Waals surface area contributed by atoms with Gasteiger partial charge in [0.1, 0.15) is 23.9 Å². The van der Waals surface area contributed by atoms with Crippen LogP contribution in [-0.2, 0) is 28.9 Å². The van der Waals surface area contributed by atoms with E-state index in [1.54, 1.807) is 12.1 Å². The number of benzene rings is 2. The third kappa shape index (κ3) is 5.81. The number of carbonyl (C=O) groups excluding carboxylic acids is 1. The first-order valence-electron chi connectivity index (χ1n) is 11.3. The molecule has 4 rings (SSSR count). The Labute approximate surface area is 195 Å². The van der Waals surface area contributed by atoms with Crippen LogP contribution in [-0.4, -0.2) is 37.2 Å². The van der Waals surface area contributed by atoms with E-state index in [0.29, 0.717) is 30.8 Å². The number of alkyl halides is 3. The number of methoxy groups -OCH3 is 1. The Morgan fingerprint density at radius 2 is 1.82 bits per heavy atom. The third-order valence-corrected chi connectivity index (χ3v) is 6.26. The molecule has 2 aromatic rings. The number of rotatable bonds is 8. The molecule has 1 aliphatic carbocycles. The maximum Gasteiger partial charge on any atom is 0.419 e. The Hall–Kier alpha value is -2.81. The van der Waals surface area contributed by atoms with Gasteiger partial charge in [0.25, 0.3) is 0 Å². The summed E-state index contributed by atoms with van der Waals surface area (Å²) in [6.45, 7) is 1.22. The van der Waals surface area contributed by atoms with E-state index in [9.17, 15) is 22.4 Å². The highest BCUT2D eigenvalue weighted by Crippen LogP contribution is 2.38. The van der Waals surface area contributed by atoms with Gasteiger partial charge in [0.15, 0.2) is 0 Å². The number of likely N-dealkylation sites (tertiary alicyclic amines) is 1. The molecule has 9 heteroatoms. The van der Waals surface area contributed by atoms with Gasteiger partial charge in [-0.1, -0.05) is 12.1 Å². The fourth-order valence-electron chi connectivity index (χ4n) is 4.35. The van der Waals surface area contributed by atoms with Crippen LogP contribution in [0.5, 0.6) is 11.5 Å². The van der Waals surface area contributed by atoms with Crippen LogP contribution in [0.2, 0.25) is 0 Å². The van der Waals surface area contributed by atoms with Crippen LogP contribution in [0.1, 0.15) is 42.4 Å². The van der Waals surface area contributed by atoms with Gasteiger partial charge < -0.3 is 14.2 Å². The van der Waals surface area contributed by atoms with Crippen LogP contribution < -0.4 is 9.47 Å². The number of carbonyl (C=O) groups is 1. The van der Waals surface area contributed by atoms with E-state index >= 15 is 0 Å². The molecule has 1 aliphatic heterocycles. The number of esters is 1. The SMILES string of the molecule is COC(=O)C1CN(Cc2ccc(OCc3ccc(OC4CCCC4)c(C(F)(F)F)c3)cc2F)C1. The summed E-state index contributed by atoms with van der Waals surface area (Å²) in [6, 6.07) is 8.27. The molecule has 2 fully saturated rings. The van der Waals surface area contributed by atoms with Crippen molar-refractivity contribution in [2.75, 3.05) is 20.2 Å². The Kier molecular flexibility index (Phi) is 7.30. The van der Waals surface area contributed by atoms with Gasteiger partial charge >= 0.3 is 12.1 Å². The smallest absolute Gasteiger partial charge is 0.419 e. The van der Waals surface area contributed by atoms with Gasteiger partial charge in [-0.3, -0.25) is 9.69 Å². The van der Waals surface area contributed by atoms with Gasteiger partial charge in [-0.05, 0) is 49.4 Å². The lowest BCUT2D eigenvalue weighted by Crippen LogP contribution is -2.50. The Bertz CT molecular complexity index is 1010. The molecule has 0 N–H and O–H groups in total. The highest BCUT2D eigenvalue weighted by molar-refractivity contribution is 5.73. The van der Waals surface area contributed by atoms with Gasteiger partial charge in [-0.2, -0.15) is 13.2 Å². The van der Waals surface area contributed by atoms with Crippen LogP contribution in [0, 0.1) is 11.7 Å². The highest BCUT2D eigenvalue weighted by Gasteiger charge is 2.36. The van der Waals surface area contributed by atoms with E-state index in [-0.39, 0.29) is 36.1 Å². The fourth-order valence-corrected chi connectivity index (χ4v) is 4.35. The lowest BCUT2D eigenvalue weighted by Gasteiger charge is -2.37. The second-order valence-corrected chi connectivity index (χ2v) is 8.81. The van der Waals surface area contributed by atoms with Crippen LogP contribution in [0.3, 0.4) is 0 Å².